The molecule has 1 heterocycles. The van der Waals surface area contributed by atoms with Gasteiger partial charge in [0.2, 0.25) is 0 Å². The van der Waals surface area contributed by atoms with Gasteiger partial charge in [-0.3, -0.25) is 10.1 Å². The number of carbonyl (C=O) groups excluding carboxylic acids is 1. The molecular weight excluding hydrogens is 368 g/mol. The Morgan fingerprint density at radius 1 is 1.23 bits per heavy atom. The summed E-state index contributed by atoms with van der Waals surface area (Å²) in [5.41, 5.74) is 1.73. The number of thiophene rings is 1. The first kappa shape index (κ1) is 18.5. The second-order valence-corrected chi connectivity index (χ2v) is 8.64. The third kappa shape index (κ3) is 3.94. The van der Waals surface area contributed by atoms with Gasteiger partial charge in [0, 0.05) is 10.4 Å². The Morgan fingerprint density at radius 3 is 2.58 bits per heavy atom. The van der Waals surface area contributed by atoms with E-state index >= 15 is 0 Å². The van der Waals surface area contributed by atoms with Crippen molar-refractivity contribution in [3.8, 4) is 0 Å². The van der Waals surface area contributed by atoms with Gasteiger partial charge in [-0.05, 0) is 54.6 Å². The van der Waals surface area contributed by atoms with E-state index in [1.54, 1.807) is 24.3 Å². The van der Waals surface area contributed by atoms with Gasteiger partial charge in [0.25, 0.3) is 5.91 Å². The number of rotatable bonds is 3. The van der Waals surface area contributed by atoms with Crippen LogP contribution in [0.2, 0.25) is 0 Å². The molecule has 0 fully saturated rings. The number of aryl methyl sites for hydroxylation is 1. The van der Waals surface area contributed by atoms with Gasteiger partial charge in [-0.15, -0.1) is 11.3 Å². The summed E-state index contributed by atoms with van der Waals surface area (Å²) in [7, 11) is 0. The summed E-state index contributed by atoms with van der Waals surface area (Å²) < 4.78 is 0. The lowest BCUT2D eigenvalue weighted by atomic mass is 9.76. The quantitative estimate of drug-likeness (QED) is 0.691. The summed E-state index contributed by atoms with van der Waals surface area (Å²) in [5.74, 6) is -1.30. The van der Waals surface area contributed by atoms with Crippen molar-refractivity contribution in [2.45, 2.75) is 33.1 Å². The molecule has 0 aliphatic heterocycles. The van der Waals surface area contributed by atoms with Crippen molar-refractivity contribution in [3.05, 3.63) is 51.9 Å². The molecule has 2 aromatic rings. The van der Waals surface area contributed by atoms with E-state index in [1.165, 1.54) is 11.3 Å². The molecule has 3 rings (SSSR count). The summed E-state index contributed by atoms with van der Waals surface area (Å²) in [4.78, 5) is 25.1. The number of benzene rings is 1. The maximum atomic E-state index is 12.2. The van der Waals surface area contributed by atoms with Gasteiger partial charge in [0.1, 0.15) is 5.00 Å². The van der Waals surface area contributed by atoms with E-state index in [2.05, 4.69) is 24.5 Å². The van der Waals surface area contributed by atoms with Crippen LogP contribution in [0.4, 0.5) is 5.00 Å². The molecule has 0 saturated carbocycles. The number of thiocarbonyl (C=S) groups is 1. The summed E-state index contributed by atoms with van der Waals surface area (Å²) in [5, 5.41) is 15.8. The molecule has 1 aliphatic carbocycles. The zero-order valence-corrected chi connectivity index (χ0v) is 16.2. The Kier molecular flexibility index (Phi) is 5.11. The van der Waals surface area contributed by atoms with Crippen LogP contribution in [0.5, 0.6) is 0 Å². The van der Waals surface area contributed by atoms with E-state index in [0.717, 1.165) is 29.7 Å². The fourth-order valence-corrected chi connectivity index (χ4v) is 4.61. The largest absolute Gasteiger partial charge is 0.478 e. The summed E-state index contributed by atoms with van der Waals surface area (Å²) >= 11 is 6.63. The van der Waals surface area contributed by atoms with Crippen LogP contribution in [0.1, 0.15) is 51.4 Å². The van der Waals surface area contributed by atoms with Gasteiger partial charge in [-0.1, -0.05) is 32.0 Å². The summed E-state index contributed by atoms with van der Waals surface area (Å²) in [6, 6.07) is 8.73. The molecule has 136 valence electrons. The second-order valence-electron chi connectivity index (χ2n) is 7.13. The predicted octanol–water partition coefficient (Wildman–Crippen LogP) is 4.09. The molecular formula is C19H20N2O3S2. The second kappa shape index (κ2) is 7.17. The van der Waals surface area contributed by atoms with E-state index < -0.39 is 5.97 Å². The third-order valence-electron chi connectivity index (χ3n) is 4.48. The number of carboxylic acids is 1. The van der Waals surface area contributed by atoms with E-state index in [1.807, 2.05) is 6.07 Å². The molecule has 1 aromatic heterocycles. The molecule has 7 heteroatoms. The standard InChI is InChI=1S/C19H20N2O3S2/c1-19(2)9-8-13-12(10-19)14(17(23)24)16(26-13)21-18(25)20-15(22)11-6-4-3-5-7-11/h3-7H,8-10H2,1-2H3,(H,23,24)(H2,20,21,22,25). The maximum absolute atomic E-state index is 12.2. The molecule has 0 unspecified atom stereocenters. The van der Waals surface area contributed by atoms with Gasteiger partial charge in [-0.25, -0.2) is 4.79 Å². The number of aromatic carboxylic acids is 1. The number of anilines is 1. The molecule has 0 atom stereocenters. The lowest BCUT2D eigenvalue weighted by molar-refractivity contribution is 0.0696. The minimum atomic E-state index is -0.972. The van der Waals surface area contributed by atoms with Crippen LogP contribution in [0, 0.1) is 5.41 Å². The molecule has 1 aromatic carbocycles. The SMILES string of the molecule is CC1(C)CCc2sc(NC(=S)NC(=O)c3ccccc3)c(C(=O)O)c2C1. The van der Waals surface area contributed by atoms with Crippen LogP contribution in [0.25, 0.3) is 0 Å². The third-order valence-corrected chi connectivity index (χ3v) is 5.89. The number of carboxylic acid groups (broad SMARTS) is 1. The van der Waals surface area contributed by atoms with E-state index in [4.69, 9.17) is 12.2 Å². The molecule has 0 radical (unpaired) electrons. The van der Waals surface area contributed by atoms with Gasteiger partial charge >= 0.3 is 5.97 Å². The summed E-state index contributed by atoms with van der Waals surface area (Å²) in [6.45, 7) is 4.30. The van der Waals surface area contributed by atoms with Gasteiger partial charge < -0.3 is 10.4 Å². The fraction of sp³-hybridized carbons (Fsp3) is 0.316. The smallest absolute Gasteiger partial charge is 0.339 e. The van der Waals surface area contributed by atoms with E-state index in [9.17, 15) is 14.7 Å². The zero-order valence-electron chi connectivity index (χ0n) is 14.6. The van der Waals surface area contributed by atoms with Crippen LogP contribution < -0.4 is 10.6 Å². The van der Waals surface area contributed by atoms with Crippen molar-refractivity contribution in [3.63, 3.8) is 0 Å². The fourth-order valence-electron chi connectivity index (χ4n) is 3.13. The van der Waals surface area contributed by atoms with Gasteiger partial charge in [-0.2, -0.15) is 0 Å². The molecule has 1 amide bonds. The van der Waals surface area contributed by atoms with Crippen LogP contribution >= 0.6 is 23.6 Å². The minimum absolute atomic E-state index is 0.0809. The minimum Gasteiger partial charge on any atom is -0.478 e. The number of nitrogens with one attached hydrogen (secondary N) is 2. The van der Waals surface area contributed by atoms with Crippen molar-refractivity contribution in [2.24, 2.45) is 5.41 Å². The molecule has 3 N–H and O–H groups in total. The number of hydrogen-bond donors (Lipinski definition) is 3. The Morgan fingerprint density at radius 2 is 1.92 bits per heavy atom. The Balaban J connectivity index is 1.80. The average molecular weight is 389 g/mol. The average Bonchev–Trinajstić information content (AvgIpc) is 2.91. The highest BCUT2D eigenvalue weighted by Crippen LogP contribution is 2.43. The molecule has 0 spiro atoms. The maximum Gasteiger partial charge on any atom is 0.339 e. The van der Waals surface area contributed by atoms with Crippen LogP contribution in [-0.2, 0) is 12.8 Å². The lowest BCUT2D eigenvalue weighted by Gasteiger charge is -2.29. The monoisotopic (exact) mass is 388 g/mol. The summed E-state index contributed by atoms with van der Waals surface area (Å²) in [6.07, 6.45) is 2.61. The first-order chi connectivity index (χ1) is 12.3. The normalized spacial score (nSPS) is 15.0. The van der Waals surface area contributed by atoms with Crippen molar-refractivity contribution in [1.82, 2.24) is 5.32 Å². The number of amides is 1. The molecule has 5 nitrogen and oxygen atoms in total. The number of fused-ring (bicyclic) bond motifs is 1. The highest BCUT2D eigenvalue weighted by Gasteiger charge is 2.33. The molecule has 0 bridgehead atoms. The molecule has 1 aliphatic rings. The van der Waals surface area contributed by atoms with Crippen molar-refractivity contribution in [1.29, 1.82) is 0 Å². The Hall–Kier alpha value is -2.25. The highest BCUT2D eigenvalue weighted by atomic mass is 32.1. The first-order valence-corrected chi connectivity index (χ1v) is 9.54. The number of carbonyl (C=O) groups is 2. The first-order valence-electron chi connectivity index (χ1n) is 8.32. The lowest BCUT2D eigenvalue weighted by Crippen LogP contribution is -2.34. The van der Waals surface area contributed by atoms with Crippen molar-refractivity contribution in [2.75, 3.05) is 5.32 Å². The van der Waals surface area contributed by atoms with E-state index in [0.29, 0.717) is 10.6 Å². The Labute approximate surface area is 161 Å². The Bertz CT molecular complexity index is 872. The van der Waals surface area contributed by atoms with E-state index in [-0.39, 0.29) is 22.0 Å². The van der Waals surface area contributed by atoms with Gasteiger partial charge in [0.05, 0.1) is 5.56 Å². The molecule has 26 heavy (non-hydrogen) atoms. The highest BCUT2D eigenvalue weighted by molar-refractivity contribution is 7.80. The van der Waals surface area contributed by atoms with Crippen LogP contribution in [0.15, 0.2) is 30.3 Å². The topological polar surface area (TPSA) is 78.4 Å². The predicted molar refractivity (Wildman–Crippen MR) is 107 cm³/mol. The van der Waals surface area contributed by atoms with Crippen molar-refractivity contribution < 1.29 is 14.7 Å². The zero-order chi connectivity index (χ0) is 18.9. The van der Waals surface area contributed by atoms with Crippen LogP contribution in [0.3, 0.4) is 0 Å². The molecule has 0 saturated heterocycles. The van der Waals surface area contributed by atoms with Crippen LogP contribution in [-0.4, -0.2) is 22.1 Å². The number of hydrogen-bond acceptors (Lipinski definition) is 4. The van der Waals surface area contributed by atoms with Crippen molar-refractivity contribution >= 4 is 45.5 Å². The van der Waals surface area contributed by atoms with Gasteiger partial charge in [0.15, 0.2) is 5.11 Å².